The van der Waals surface area contributed by atoms with E-state index < -0.39 is 56.9 Å². The average Bonchev–Trinajstić information content (AvgIpc) is 3.27. The van der Waals surface area contributed by atoms with Crippen LogP contribution in [0.5, 0.6) is 5.75 Å². The van der Waals surface area contributed by atoms with Crippen molar-refractivity contribution in [3.05, 3.63) is 53.6 Å². The molecule has 1 saturated heterocycles. The van der Waals surface area contributed by atoms with Gasteiger partial charge in [-0.05, 0) is 57.5 Å². The normalized spacial score (nSPS) is 27.6. The minimum Gasteiger partial charge on any atom is -0.486 e. The summed E-state index contributed by atoms with van der Waals surface area (Å²) in [6, 6.07) is 6.52. The number of fused-ring (bicyclic) bond motifs is 1. The van der Waals surface area contributed by atoms with Crippen LogP contribution in [0.4, 0.5) is 23.7 Å². The summed E-state index contributed by atoms with van der Waals surface area (Å²) in [5.41, 5.74) is -1.12. The van der Waals surface area contributed by atoms with Crippen molar-refractivity contribution in [3.63, 3.8) is 0 Å². The van der Waals surface area contributed by atoms with E-state index in [1.165, 1.54) is 24.3 Å². The molecule has 2 aliphatic rings. The van der Waals surface area contributed by atoms with Crippen LogP contribution in [-0.2, 0) is 5.54 Å². The van der Waals surface area contributed by atoms with Gasteiger partial charge in [-0.25, -0.2) is 22.9 Å². The van der Waals surface area contributed by atoms with Crippen LogP contribution >= 0.6 is 10.5 Å². The molecule has 10 nitrogen and oxygen atoms in total. The number of carboxylic acid groups (broad SMARTS) is 1. The fourth-order valence-electron chi connectivity index (χ4n) is 4.81. The highest BCUT2D eigenvalue weighted by atomic mass is 32.3. The summed E-state index contributed by atoms with van der Waals surface area (Å²) in [6.45, 7) is 4.63. The largest absolute Gasteiger partial charge is 0.486 e. The number of benzene rings is 1. The van der Waals surface area contributed by atoms with E-state index in [0.717, 1.165) is 12.3 Å². The molecule has 3 heterocycles. The second-order valence-electron chi connectivity index (χ2n) is 9.58. The number of ether oxygens (including phenoxy) is 1. The lowest BCUT2D eigenvalue weighted by molar-refractivity contribution is 0.0816. The van der Waals surface area contributed by atoms with Crippen molar-refractivity contribution in [1.82, 2.24) is 15.0 Å². The Labute approximate surface area is 218 Å². The van der Waals surface area contributed by atoms with Crippen LogP contribution in [0.25, 0.3) is 0 Å². The van der Waals surface area contributed by atoms with E-state index >= 15 is 4.39 Å². The third kappa shape index (κ3) is 4.90. The molecule has 206 valence electrons. The Morgan fingerprint density at radius 1 is 1.24 bits per heavy atom. The zero-order chi connectivity index (χ0) is 27.9. The van der Waals surface area contributed by atoms with Gasteiger partial charge in [0.25, 0.3) is 12.3 Å². The van der Waals surface area contributed by atoms with Crippen LogP contribution in [0.3, 0.4) is 0 Å². The van der Waals surface area contributed by atoms with Crippen molar-refractivity contribution in [1.29, 1.82) is 0 Å². The number of rotatable bonds is 6. The number of alkyl halides is 2. The van der Waals surface area contributed by atoms with Gasteiger partial charge in [-0.2, -0.15) is 0 Å². The third-order valence-electron chi connectivity index (χ3n) is 6.80. The van der Waals surface area contributed by atoms with E-state index in [1.807, 2.05) is 0 Å². The number of anilines is 1. The molecular formula is C24H28F3N5O5S. The first-order chi connectivity index (χ1) is 17.8. The summed E-state index contributed by atoms with van der Waals surface area (Å²) in [6.07, 6.45) is -2.41. The molecule has 14 heteroatoms. The molecule has 2 amide bonds. The fourth-order valence-corrected chi connectivity index (χ4v) is 8.21. The molecule has 0 aliphatic carbocycles. The highest BCUT2D eigenvalue weighted by molar-refractivity contribution is 8.29. The van der Waals surface area contributed by atoms with Crippen LogP contribution in [0.1, 0.15) is 43.2 Å². The SMILES string of the molecule is CC1(C)C(NC(=O)O)=N[C@](C)(c2cc(NC(=O)c3ccc(OCC(F)F)cn3)ccc2F)[C@@H]2CCNS21O. The van der Waals surface area contributed by atoms with Crippen molar-refractivity contribution in [2.45, 2.75) is 49.2 Å². The number of hydrogen-bond donors (Lipinski definition) is 5. The zero-order valence-electron chi connectivity index (χ0n) is 20.8. The Kier molecular flexibility index (Phi) is 7.34. The second kappa shape index (κ2) is 10.1. The first kappa shape index (κ1) is 27.7. The molecule has 5 N–H and O–H groups in total. The molecule has 1 aromatic heterocycles. The van der Waals surface area contributed by atoms with Gasteiger partial charge in [0.15, 0.2) is 0 Å². The van der Waals surface area contributed by atoms with E-state index in [4.69, 9.17) is 4.74 Å². The maximum Gasteiger partial charge on any atom is 0.410 e. The zero-order valence-corrected chi connectivity index (χ0v) is 21.6. The molecule has 4 rings (SSSR count). The summed E-state index contributed by atoms with van der Waals surface area (Å²) in [5.74, 6) is -1.21. The lowest BCUT2D eigenvalue weighted by Crippen LogP contribution is -2.59. The number of nitrogens with zero attached hydrogens (tertiary/aromatic N) is 2. The predicted molar refractivity (Wildman–Crippen MR) is 137 cm³/mol. The van der Waals surface area contributed by atoms with E-state index in [9.17, 15) is 28.0 Å². The number of carbonyl (C=O) groups excluding carboxylic acids is 1. The maximum atomic E-state index is 15.3. The Balaban J connectivity index is 1.66. The van der Waals surface area contributed by atoms with Gasteiger partial charge in [0, 0.05) is 17.8 Å². The topological polar surface area (TPSA) is 145 Å². The number of amidine groups is 1. The number of hydrogen-bond acceptors (Lipinski definition) is 7. The molecule has 2 aromatic rings. The van der Waals surface area contributed by atoms with Gasteiger partial charge >= 0.3 is 6.09 Å². The Bertz CT molecular complexity index is 1280. The Morgan fingerprint density at radius 3 is 2.61 bits per heavy atom. The summed E-state index contributed by atoms with van der Waals surface area (Å²) in [7, 11) is -2.71. The van der Waals surface area contributed by atoms with Crippen LogP contribution < -0.4 is 20.1 Å². The van der Waals surface area contributed by atoms with Gasteiger partial charge in [-0.1, -0.05) is 10.5 Å². The number of carbonyl (C=O) groups is 2. The molecule has 1 aromatic carbocycles. The number of pyridine rings is 1. The predicted octanol–water partition coefficient (Wildman–Crippen LogP) is 4.34. The van der Waals surface area contributed by atoms with E-state index in [-0.39, 0.29) is 28.5 Å². The number of halogens is 3. The number of nitrogens with one attached hydrogen (secondary N) is 3. The van der Waals surface area contributed by atoms with Crippen LogP contribution in [0.15, 0.2) is 41.5 Å². The minimum atomic E-state index is -2.71. The summed E-state index contributed by atoms with van der Waals surface area (Å²) in [5, 5.41) is 13.7. The molecule has 0 saturated carbocycles. The average molecular weight is 556 g/mol. The Morgan fingerprint density at radius 2 is 1.97 bits per heavy atom. The smallest absolute Gasteiger partial charge is 0.410 e. The molecular weight excluding hydrogens is 527 g/mol. The van der Waals surface area contributed by atoms with Crippen molar-refractivity contribution < 1.29 is 37.2 Å². The van der Waals surface area contributed by atoms with Crippen LogP contribution in [0, 0.1) is 5.82 Å². The fraction of sp³-hybridized carbons (Fsp3) is 0.417. The standard InChI is InChI=1S/C24H28F3N5O5S/c1-23(2)21(31-22(34)35)32-24(3,18-8-9-29-38(18,23)36)15-10-13(4-6-16(15)25)30-20(33)17-7-5-14(11-28-17)37-12-19(26)27/h4-7,10-11,18-19,29,36H,8-9,12H2,1-3H3,(H,30,33)(H,31,32)(H,34,35)/t18-,24+/m0/s1. The quantitative estimate of drug-likeness (QED) is 0.356. The minimum absolute atomic E-state index is 0.00263. The lowest BCUT2D eigenvalue weighted by atomic mass is 9.85. The third-order valence-corrected chi connectivity index (χ3v) is 10.7. The van der Waals surface area contributed by atoms with Crippen molar-refractivity contribution in [3.8, 4) is 5.75 Å². The molecule has 38 heavy (non-hydrogen) atoms. The van der Waals surface area contributed by atoms with E-state index in [0.29, 0.717) is 13.0 Å². The maximum absolute atomic E-state index is 15.3. The van der Waals surface area contributed by atoms with Crippen molar-refractivity contribution in [2.24, 2.45) is 4.99 Å². The van der Waals surface area contributed by atoms with Gasteiger partial charge in [0.05, 0.1) is 16.2 Å². The molecule has 3 atom stereocenters. The molecule has 0 spiro atoms. The molecule has 0 radical (unpaired) electrons. The van der Waals surface area contributed by atoms with E-state index in [2.05, 4.69) is 25.3 Å². The highest BCUT2D eigenvalue weighted by Gasteiger charge is 2.61. The van der Waals surface area contributed by atoms with Gasteiger partial charge in [0.1, 0.15) is 35.2 Å². The van der Waals surface area contributed by atoms with Gasteiger partial charge in [-0.15, -0.1) is 0 Å². The summed E-state index contributed by atoms with van der Waals surface area (Å²) >= 11 is 0. The van der Waals surface area contributed by atoms with Gasteiger partial charge in [-0.3, -0.25) is 19.8 Å². The second-order valence-corrected chi connectivity index (χ2v) is 12.7. The highest BCUT2D eigenvalue weighted by Crippen LogP contribution is 2.67. The van der Waals surface area contributed by atoms with Crippen LogP contribution in [0.2, 0.25) is 0 Å². The molecule has 2 aliphatic heterocycles. The lowest BCUT2D eigenvalue weighted by Gasteiger charge is -2.56. The number of aromatic nitrogens is 1. The monoisotopic (exact) mass is 555 g/mol. The van der Waals surface area contributed by atoms with Crippen LogP contribution in [-0.4, -0.2) is 62.1 Å². The number of amides is 2. The molecule has 0 bridgehead atoms. The molecule has 1 fully saturated rings. The summed E-state index contributed by atoms with van der Waals surface area (Å²) in [4.78, 5) is 32.8. The first-order valence-electron chi connectivity index (χ1n) is 11.7. The number of aliphatic imine (C=N–C) groups is 1. The molecule has 1 unspecified atom stereocenters. The van der Waals surface area contributed by atoms with Gasteiger partial charge in [0.2, 0.25) is 0 Å². The first-order valence-corrected chi connectivity index (χ1v) is 13.3. The summed E-state index contributed by atoms with van der Waals surface area (Å²) < 4.78 is 58.6. The van der Waals surface area contributed by atoms with E-state index in [1.54, 1.807) is 20.8 Å². The van der Waals surface area contributed by atoms with Crippen molar-refractivity contribution in [2.75, 3.05) is 18.5 Å². The Hall–Kier alpha value is -3.36. The van der Waals surface area contributed by atoms with Crippen molar-refractivity contribution >= 4 is 34.0 Å². The van der Waals surface area contributed by atoms with Gasteiger partial charge < -0.3 is 19.7 Å².